The third-order valence-electron chi connectivity index (χ3n) is 2.21. The van der Waals surface area contributed by atoms with Crippen molar-refractivity contribution >= 4 is 23.2 Å². The number of oxazole rings is 1. The summed E-state index contributed by atoms with van der Waals surface area (Å²) < 4.78 is 5.23. The maximum absolute atomic E-state index is 11.3. The number of benzene rings is 1. The lowest BCUT2D eigenvalue weighted by Gasteiger charge is -2.03. The molecule has 0 atom stereocenters. The van der Waals surface area contributed by atoms with Crippen LogP contribution in [0, 0.1) is 6.92 Å². The largest absolute Gasteiger partial charge is 0.439 e. The second kappa shape index (κ2) is 4.63. The second-order valence-electron chi connectivity index (χ2n) is 3.66. The SMILES string of the molecule is CC(=O)c1cc(Sc2nc(C)co2)ccc1N. The predicted octanol–water partition coefficient (Wildman–Crippen LogP) is 2.92. The monoisotopic (exact) mass is 248 g/mol. The molecule has 4 nitrogen and oxygen atoms in total. The average molecular weight is 248 g/mol. The molecule has 5 heteroatoms. The Morgan fingerprint density at radius 3 is 2.82 bits per heavy atom. The van der Waals surface area contributed by atoms with Crippen LogP contribution in [-0.4, -0.2) is 10.8 Å². The summed E-state index contributed by atoms with van der Waals surface area (Å²) in [5.41, 5.74) is 7.56. The number of Topliss-reactive ketones (excluding diaryl/α,β-unsaturated/α-hetero) is 1. The molecule has 2 N–H and O–H groups in total. The van der Waals surface area contributed by atoms with Gasteiger partial charge in [-0.3, -0.25) is 4.79 Å². The van der Waals surface area contributed by atoms with Crippen LogP contribution in [0.15, 0.2) is 39.0 Å². The first-order valence-corrected chi connectivity index (χ1v) is 5.88. The Labute approximate surface area is 103 Å². The van der Waals surface area contributed by atoms with Gasteiger partial charge in [0.05, 0.1) is 5.69 Å². The van der Waals surface area contributed by atoms with E-state index in [0.29, 0.717) is 16.5 Å². The van der Waals surface area contributed by atoms with Crippen molar-refractivity contribution in [3.63, 3.8) is 0 Å². The van der Waals surface area contributed by atoms with Crippen molar-refractivity contribution in [2.24, 2.45) is 0 Å². The number of aryl methyl sites for hydroxylation is 1. The van der Waals surface area contributed by atoms with E-state index >= 15 is 0 Å². The molecule has 0 aliphatic heterocycles. The van der Waals surface area contributed by atoms with Gasteiger partial charge >= 0.3 is 0 Å². The molecular weight excluding hydrogens is 236 g/mol. The summed E-state index contributed by atoms with van der Waals surface area (Å²) in [6.45, 7) is 3.35. The summed E-state index contributed by atoms with van der Waals surface area (Å²) in [6.07, 6.45) is 1.59. The zero-order chi connectivity index (χ0) is 12.4. The minimum atomic E-state index is -0.0477. The highest BCUT2D eigenvalue weighted by Crippen LogP contribution is 2.29. The first kappa shape index (κ1) is 11.7. The van der Waals surface area contributed by atoms with Gasteiger partial charge in [0, 0.05) is 16.1 Å². The lowest BCUT2D eigenvalue weighted by molar-refractivity contribution is 0.101. The Morgan fingerprint density at radius 2 is 2.24 bits per heavy atom. The van der Waals surface area contributed by atoms with Crippen molar-refractivity contribution in [1.29, 1.82) is 0 Å². The summed E-state index contributed by atoms with van der Waals surface area (Å²) in [5.74, 6) is -0.0477. The maximum atomic E-state index is 11.3. The van der Waals surface area contributed by atoms with E-state index in [1.165, 1.54) is 18.7 Å². The maximum Gasteiger partial charge on any atom is 0.260 e. The second-order valence-corrected chi connectivity index (χ2v) is 4.69. The summed E-state index contributed by atoms with van der Waals surface area (Å²) in [4.78, 5) is 16.4. The number of carbonyl (C=O) groups is 1. The molecule has 0 saturated heterocycles. The first-order valence-electron chi connectivity index (χ1n) is 5.06. The van der Waals surface area contributed by atoms with Crippen molar-refractivity contribution in [3.8, 4) is 0 Å². The number of nitrogen functional groups attached to an aromatic ring is 1. The van der Waals surface area contributed by atoms with Crippen molar-refractivity contribution in [1.82, 2.24) is 4.98 Å². The molecule has 1 aromatic heterocycles. The van der Waals surface area contributed by atoms with Gasteiger partial charge in [-0.15, -0.1) is 0 Å². The van der Waals surface area contributed by atoms with Gasteiger partial charge in [-0.1, -0.05) is 0 Å². The molecule has 0 bridgehead atoms. The Hall–Kier alpha value is -1.75. The van der Waals surface area contributed by atoms with Crippen LogP contribution >= 0.6 is 11.8 Å². The van der Waals surface area contributed by atoms with E-state index in [0.717, 1.165) is 10.6 Å². The Morgan fingerprint density at radius 1 is 1.47 bits per heavy atom. The topological polar surface area (TPSA) is 69.1 Å². The highest BCUT2D eigenvalue weighted by Gasteiger charge is 2.09. The molecule has 0 aliphatic rings. The molecule has 1 aromatic carbocycles. The number of ketones is 1. The lowest BCUT2D eigenvalue weighted by Crippen LogP contribution is -1.99. The van der Waals surface area contributed by atoms with Crippen LogP contribution in [0.4, 0.5) is 5.69 Å². The van der Waals surface area contributed by atoms with Crippen LogP contribution in [0.1, 0.15) is 23.0 Å². The van der Waals surface area contributed by atoms with Gasteiger partial charge in [0.15, 0.2) is 5.78 Å². The van der Waals surface area contributed by atoms with Crippen LogP contribution in [-0.2, 0) is 0 Å². The number of hydrogen-bond acceptors (Lipinski definition) is 5. The lowest BCUT2D eigenvalue weighted by atomic mass is 10.1. The summed E-state index contributed by atoms with van der Waals surface area (Å²) in [5, 5.41) is 0.557. The number of nitrogens with two attached hydrogens (primary N) is 1. The van der Waals surface area contributed by atoms with Crippen molar-refractivity contribution in [2.75, 3.05) is 5.73 Å². The van der Waals surface area contributed by atoms with Crippen LogP contribution < -0.4 is 5.73 Å². The Balaban J connectivity index is 2.28. The third-order valence-corrected chi connectivity index (χ3v) is 3.06. The molecule has 0 saturated carbocycles. The minimum absolute atomic E-state index is 0.0477. The molecule has 17 heavy (non-hydrogen) atoms. The molecule has 2 aromatic rings. The fraction of sp³-hybridized carbons (Fsp3) is 0.167. The van der Waals surface area contributed by atoms with E-state index in [-0.39, 0.29) is 5.78 Å². The van der Waals surface area contributed by atoms with Gasteiger partial charge in [0.2, 0.25) is 0 Å². The van der Waals surface area contributed by atoms with E-state index in [1.807, 2.05) is 13.0 Å². The standard InChI is InChI=1S/C12H12N2O2S/c1-7-6-16-12(14-7)17-9-3-4-11(13)10(5-9)8(2)15/h3-6H,13H2,1-2H3. The average Bonchev–Trinajstić information content (AvgIpc) is 2.66. The van der Waals surface area contributed by atoms with Gasteiger partial charge in [-0.05, 0) is 43.8 Å². The highest BCUT2D eigenvalue weighted by molar-refractivity contribution is 7.99. The molecule has 0 amide bonds. The number of hydrogen-bond donors (Lipinski definition) is 1. The number of aromatic nitrogens is 1. The van der Waals surface area contributed by atoms with E-state index < -0.39 is 0 Å². The molecule has 1 heterocycles. The third kappa shape index (κ3) is 2.68. The van der Waals surface area contributed by atoms with Crippen molar-refractivity contribution < 1.29 is 9.21 Å². The quantitative estimate of drug-likeness (QED) is 0.668. The molecule has 0 fully saturated rings. The Bertz CT molecular complexity index is 563. The van der Waals surface area contributed by atoms with Gasteiger partial charge in [0.1, 0.15) is 6.26 Å². The number of anilines is 1. The molecular formula is C12H12N2O2S. The van der Waals surface area contributed by atoms with E-state index in [2.05, 4.69) is 4.98 Å². The van der Waals surface area contributed by atoms with Crippen LogP contribution in [0.2, 0.25) is 0 Å². The molecule has 2 rings (SSSR count). The van der Waals surface area contributed by atoms with Crippen molar-refractivity contribution in [3.05, 3.63) is 35.7 Å². The highest BCUT2D eigenvalue weighted by atomic mass is 32.2. The number of carbonyl (C=O) groups excluding carboxylic acids is 1. The Kier molecular flexibility index (Phi) is 3.19. The van der Waals surface area contributed by atoms with E-state index in [1.54, 1.807) is 18.4 Å². The zero-order valence-corrected chi connectivity index (χ0v) is 10.4. The molecule has 0 aliphatic carbocycles. The van der Waals surface area contributed by atoms with Gasteiger partial charge < -0.3 is 10.2 Å². The van der Waals surface area contributed by atoms with Crippen LogP contribution in [0.3, 0.4) is 0 Å². The van der Waals surface area contributed by atoms with Crippen molar-refractivity contribution in [2.45, 2.75) is 24.0 Å². The fourth-order valence-corrected chi connectivity index (χ4v) is 2.18. The summed E-state index contributed by atoms with van der Waals surface area (Å²) in [6, 6.07) is 5.31. The smallest absolute Gasteiger partial charge is 0.260 e. The number of nitrogens with zero attached hydrogens (tertiary/aromatic N) is 1. The molecule has 0 radical (unpaired) electrons. The van der Waals surface area contributed by atoms with Crippen LogP contribution in [0.5, 0.6) is 0 Å². The molecule has 0 unspecified atom stereocenters. The summed E-state index contributed by atoms with van der Waals surface area (Å²) in [7, 11) is 0. The number of rotatable bonds is 3. The van der Waals surface area contributed by atoms with Gasteiger partial charge in [-0.25, -0.2) is 4.98 Å². The minimum Gasteiger partial charge on any atom is -0.439 e. The zero-order valence-electron chi connectivity index (χ0n) is 9.56. The normalized spacial score (nSPS) is 10.5. The summed E-state index contributed by atoms with van der Waals surface area (Å²) >= 11 is 1.36. The predicted molar refractivity (Wildman–Crippen MR) is 66.2 cm³/mol. The van der Waals surface area contributed by atoms with Crippen LogP contribution in [0.25, 0.3) is 0 Å². The first-order chi connectivity index (χ1) is 8.06. The molecule has 88 valence electrons. The van der Waals surface area contributed by atoms with Gasteiger partial charge in [0.25, 0.3) is 5.22 Å². The molecule has 0 spiro atoms. The van der Waals surface area contributed by atoms with Gasteiger partial charge in [-0.2, -0.15) is 0 Å². The fourth-order valence-electron chi connectivity index (χ4n) is 1.38. The van der Waals surface area contributed by atoms with E-state index in [4.69, 9.17) is 10.2 Å². The van der Waals surface area contributed by atoms with E-state index in [9.17, 15) is 4.79 Å².